The molecule has 3 rings (SSSR count). The third-order valence-electron chi connectivity index (χ3n) is 3.93. The molecule has 2 aromatic carbocycles. The lowest BCUT2D eigenvalue weighted by Crippen LogP contribution is -2.27. The number of para-hydroxylation sites is 1. The average molecular weight is 393 g/mol. The maximum Gasteiger partial charge on any atom is 0.255 e. The third-order valence-corrected chi connectivity index (χ3v) is 5.50. The van der Waals surface area contributed by atoms with Crippen LogP contribution in [0, 0.1) is 0 Å². The van der Waals surface area contributed by atoms with Gasteiger partial charge in [0, 0.05) is 17.9 Å². The largest absolute Gasteiger partial charge is 0.349 e. The van der Waals surface area contributed by atoms with Crippen LogP contribution in [0.3, 0.4) is 0 Å². The number of rotatable bonds is 5. The minimum atomic E-state index is -3.57. The molecule has 0 spiro atoms. The Morgan fingerprint density at radius 2 is 1.77 bits per heavy atom. The molecular formula is C18H17ClN2O4S. The number of hydrogen-bond acceptors (Lipinski definition) is 4. The Labute approximate surface area is 156 Å². The van der Waals surface area contributed by atoms with Crippen molar-refractivity contribution in [2.24, 2.45) is 0 Å². The zero-order valence-electron chi connectivity index (χ0n) is 14.0. The monoisotopic (exact) mass is 392 g/mol. The number of halogens is 1. The Balaban J connectivity index is 1.86. The van der Waals surface area contributed by atoms with Gasteiger partial charge in [0.1, 0.15) is 0 Å². The molecule has 8 heteroatoms. The summed E-state index contributed by atoms with van der Waals surface area (Å²) >= 11 is 5.90. The van der Waals surface area contributed by atoms with Crippen molar-refractivity contribution in [2.75, 3.05) is 11.6 Å². The summed E-state index contributed by atoms with van der Waals surface area (Å²) in [6, 6.07) is 10.9. The number of anilines is 1. The molecule has 2 N–H and O–H groups in total. The van der Waals surface area contributed by atoms with Gasteiger partial charge in [0.15, 0.2) is 9.84 Å². The first-order chi connectivity index (χ1) is 12.3. The van der Waals surface area contributed by atoms with Gasteiger partial charge in [-0.2, -0.15) is 0 Å². The lowest BCUT2D eigenvalue weighted by Gasteiger charge is -2.12. The second-order valence-corrected chi connectivity index (χ2v) is 8.56. The van der Waals surface area contributed by atoms with Crippen molar-refractivity contribution in [3.05, 3.63) is 58.6 Å². The van der Waals surface area contributed by atoms with E-state index in [2.05, 4.69) is 10.6 Å². The van der Waals surface area contributed by atoms with E-state index in [0.717, 1.165) is 19.1 Å². The van der Waals surface area contributed by atoms with Crippen molar-refractivity contribution >= 4 is 38.9 Å². The summed E-state index contributed by atoms with van der Waals surface area (Å²) in [4.78, 5) is 24.7. The van der Waals surface area contributed by atoms with Gasteiger partial charge in [0.25, 0.3) is 11.8 Å². The van der Waals surface area contributed by atoms with Gasteiger partial charge in [-0.3, -0.25) is 9.59 Å². The van der Waals surface area contributed by atoms with Crippen molar-refractivity contribution in [2.45, 2.75) is 23.8 Å². The molecule has 0 aliphatic heterocycles. The molecule has 0 atom stereocenters. The maximum absolute atomic E-state index is 12.5. The van der Waals surface area contributed by atoms with E-state index in [0.29, 0.717) is 11.3 Å². The van der Waals surface area contributed by atoms with E-state index in [1.54, 1.807) is 24.3 Å². The molecule has 1 aliphatic carbocycles. The fourth-order valence-electron chi connectivity index (χ4n) is 2.40. The highest BCUT2D eigenvalue weighted by Gasteiger charge is 2.25. The van der Waals surface area contributed by atoms with Crippen LogP contribution in [0.2, 0.25) is 5.02 Å². The molecule has 0 heterocycles. The Hall–Kier alpha value is -2.38. The Kier molecular flexibility index (Phi) is 5.02. The van der Waals surface area contributed by atoms with Crippen LogP contribution >= 0.6 is 11.6 Å². The van der Waals surface area contributed by atoms with Crippen LogP contribution < -0.4 is 10.6 Å². The van der Waals surface area contributed by atoms with Crippen LogP contribution in [-0.4, -0.2) is 32.5 Å². The van der Waals surface area contributed by atoms with E-state index in [1.165, 1.54) is 18.2 Å². The smallest absolute Gasteiger partial charge is 0.255 e. The quantitative estimate of drug-likeness (QED) is 0.818. The number of hydrogen-bond donors (Lipinski definition) is 2. The van der Waals surface area contributed by atoms with Crippen LogP contribution in [0.5, 0.6) is 0 Å². The van der Waals surface area contributed by atoms with Crippen LogP contribution in [-0.2, 0) is 9.84 Å². The van der Waals surface area contributed by atoms with E-state index in [9.17, 15) is 18.0 Å². The lowest BCUT2D eigenvalue weighted by atomic mass is 10.1. The predicted octanol–water partition coefficient (Wildman–Crippen LogP) is 2.89. The first kappa shape index (κ1) is 18.4. The van der Waals surface area contributed by atoms with Gasteiger partial charge in [0.05, 0.1) is 21.2 Å². The second-order valence-electron chi connectivity index (χ2n) is 6.16. The number of carbonyl (C=O) groups excluding carboxylic acids is 2. The summed E-state index contributed by atoms with van der Waals surface area (Å²) in [5.41, 5.74) is 0.837. The molecule has 1 aliphatic rings. The molecular weight excluding hydrogens is 376 g/mol. The number of amides is 2. The summed E-state index contributed by atoms with van der Waals surface area (Å²) in [7, 11) is -3.57. The van der Waals surface area contributed by atoms with Crippen molar-refractivity contribution in [3.8, 4) is 0 Å². The highest BCUT2D eigenvalue weighted by atomic mass is 35.5. The predicted molar refractivity (Wildman–Crippen MR) is 99.4 cm³/mol. The first-order valence-electron chi connectivity index (χ1n) is 7.96. The maximum atomic E-state index is 12.5. The number of benzene rings is 2. The number of nitrogens with one attached hydrogen (secondary N) is 2. The minimum Gasteiger partial charge on any atom is -0.349 e. The number of carbonyl (C=O) groups is 2. The molecule has 6 nitrogen and oxygen atoms in total. The molecule has 0 unspecified atom stereocenters. The zero-order chi connectivity index (χ0) is 18.9. The molecule has 136 valence electrons. The Bertz CT molecular complexity index is 984. The second kappa shape index (κ2) is 7.09. The van der Waals surface area contributed by atoms with E-state index in [4.69, 9.17) is 11.6 Å². The fourth-order valence-corrected chi connectivity index (χ4v) is 3.71. The van der Waals surface area contributed by atoms with Gasteiger partial charge < -0.3 is 10.6 Å². The molecule has 2 aromatic rings. The highest BCUT2D eigenvalue weighted by molar-refractivity contribution is 7.90. The van der Waals surface area contributed by atoms with E-state index < -0.39 is 15.7 Å². The van der Waals surface area contributed by atoms with Gasteiger partial charge in [0.2, 0.25) is 0 Å². The Morgan fingerprint density at radius 1 is 1.08 bits per heavy atom. The molecule has 1 saturated carbocycles. The van der Waals surface area contributed by atoms with Gasteiger partial charge in [-0.25, -0.2) is 8.42 Å². The molecule has 1 fully saturated rings. The van der Waals surface area contributed by atoms with Crippen LogP contribution in [0.4, 0.5) is 5.69 Å². The minimum absolute atomic E-state index is 0.0493. The van der Waals surface area contributed by atoms with E-state index in [-0.39, 0.29) is 27.4 Å². The SMILES string of the molecule is CS(=O)(=O)c1cc(C(=O)Nc2ccccc2C(=O)NC2CC2)ccc1Cl. The van der Waals surface area contributed by atoms with E-state index >= 15 is 0 Å². The molecule has 2 amide bonds. The van der Waals surface area contributed by atoms with Gasteiger partial charge >= 0.3 is 0 Å². The molecule has 0 bridgehead atoms. The standard InChI is InChI=1S/C18H17ClN2O4S/c1-26(24,25)16-10-11(6-9-14(16)19)17(22)21-15-5-3-2-4-13(15)18(23)20-12-7-8-12/h2-6,9-10,12H,7-8H2,1H3,(H,20,23)(H,21,22). The topological polar surface area (TPSA) is 92.3 Å². The molecule has 0 saturated heterocycles. The number of sulfone groups is 1. The Morgan fingerprint density at radius 3 is 2.42 bits per heavy atom. The summed E-state index contributed by atoms with van der Waals surface area (Å²) in [6.07, 6.45) is 2.94. The van der Waals surface area contributed by atoms with Crippen LogP contribution in [0.25, 0.3) is 0 Å². The van der Waals surface area contributed by atoms with Crippen molar-refractivity contribution in [1.29, 1.82) is 0 Å². The lowest BCUT2D eigenvalue weighted by molar-refractivity contribution is 0.0952. The van der Waals surface area contributed by atoms with Gasteiger partial charge in [-0.1, -0.05) is 23.7 Å². The third kappa shape index (κ3) is 4.23. The van der Waals surface area contributed by atoms with Crippen molar-refractivity contribution < 1.29 is 18.0 Å². The van der Waals surface area contributed by atoms with Crippen molar-refractivity contribution in [1.82, 2.24) is 5.32 Å². The van der Waals surface area contributed by atoms with Gasteiger partial charge in [-0.15, -0.1) is 0 Å². The molecule has 26 heavy (non-hydrogen) atoms. The normalized spacial score (nSPS) is 13.9. The highest BCUT2D eigenvalue weighted by Crippen LogP contribution is 2.24. The molecule has 0 radical (unpaired) electrons. The fraction of sp³-hybridized carbons (Fsp3) is 0.222. The summed E-state index contributed by atoms with van der Waals surface area (Å²) in [5.74, 6) is -0.783. The zero-order valence-corrected chi connectivity index (χ0v) is 15.5. The first-order valence-corrected chi connectivity index (χ1v) is 10.2. The summed E-state index contributed by atoms with van der Waals surface area (Å²) in [5, 5.41) is 5.58. The van der Waals surface area contributed by atoms with Crippen molar-refractivity contribution in [3.63, 3.8) is 0 Å². The van der Waals surface area contributed by atoms with Gasteiger partial charge in [-0.05, 0) is 43.2 Å². The van der Waals surface area contributed by atoms with E-state index in [1.807, 2.05) is 0 Å². The summed E-state index contributed by atoms with van der Waals surface area (Å²) < 4.78 is 23.5. The van der Waals surface area contributed by atoms with Crippen LogP contribution in [0.15, 0.2) is 47.4 Å². The molecule has 0 aromatic heterocycles. The average Bonchev–Trinajstić information content (AvgIpc) is 3.38. The summed E-state index contributed by atoms with van der Waals surface area (Å²) in [6.45, 7) is 0. The van der Waals surface area contributed by atoms with Crippen LogP contribution in [0.1, 0.15) is 33.6 Å².